The highest BCUT2D eigenvalue weighted by Gasteiger charge is 2.47. The Kier molecular flexibility index (Phi) is 2.59. The molecule has 19 heavy (non-hydrogen) atoms. The average Bonchev–Trinajstić information content (AvgIpc) is 3.03. The third-order valence-electron chi connectivity index (χ3n) is 4.73. The fourth-order valence-corrected chi connectivity index (χ4v) is 3.36. The molecule has 2 aliphatic rings. The van der Waals surface area contributed by atoms with Crippen molar-refractivity contribution < 1.29 is 0 Å². The number of fused-ring (bicyclic) bond motifs is 3. The average molecular weight is 257 g/mol. The second kappa shape index (κ2) is 3.77. The number of anilines is 1. The highest BCUT2D eigenvalue weighted by molar-refractivity contribution is 5.63. The second-order valence-corrected chi connectivity index (χ2v) is 8.41. The van der Waals surface area contributed by atoms with Crippen LogP contribution in [0.5, 0.6) is 0 Å². The van der Waals surface area contributed by atoms with Gasteiger partial charge in [0.15, 0.2) is 0 Å². The minimum atomic E-state index is 0.228. The van der Waals surface area contributed by atoms with Crippen LogP contribution in [0.3, 0.4) is 0 Å². The normalized spacial score (nSPS) is 25.9. The zero-order chi connectivity index (χ0) is 14.0. The molecule has 2 atom stereocenters. The minimum absolute atomic E-state index is 0.228. The van der Waals surface area contributed by atoms with Gasteiger partial charge in [0.05, 0.1) is 0 Å². The fourth-order valence-electron chi connectivity index (χ4n) is 3.36. The van der Waals surface area contributed by atoms with Gasteiger partial charge in [-0.2, -0.15) is 0 Å². The van der Waals surface area contributed by atoms with Crippen molar-refractivity contribution in [2.45, 2.75) is 64.8 Å². The van der Waals surface area contributed by atoms with E-state index >= 15 is 0 Å². The van der Waals surface area contributed by atoms with Crippen LogP contribution in [-0.2, 0) is 5.41 Å². The predicted molar refractivity (Wildman–Crippen MR) is 83.1 cm³/mol. The molecule has 1 aromatic carbocycles. The minimum Gasteiger partial charge on any atom is -0.366 e. The number of hydrogen-bond donors (Lipinski definition) is 0. The first kappa shape index (κ1) is 13.0. The van der Waals surface area contributed by atoms with Gasteiger partial charge in [-0.05, 0) is 61.6 Å². The number of benzene rings is 1. The van der Waals surface area contributed by atoms with Crippen LogP contribution < -0.4 is 4.90 Å². The van der Waals surface area contributed by atoms with Crippen LogP contribution in [0.25, 0.3) is 0 Å². The molecule has 0 N–H and O–H groups in total. The van der Waals surface area contributed by atoms with E-state index in [1.54, 1.807) is 5.56 Å². The van der Waals surface area contributed by atoms with Crippen LogP contribution in [0.1, 0.15) is 65.0 Å². The Hall–Kier alpha value is -0.980. The Morgan fingerprint density at radius 3 is 2.32 bits per heavy atom. The van der Waals surface area contributed by atoms with Crippen molar-refractivity contribution in [1.29, 1.82) is 0 Å². The zero-order valence-corrected chi connectivity index (χ0v) is 13.2. The highest BCUT2D eigenvalue weighted by atomic mass is 15.2. The SMILES string of the molecule is CC(C)(C)c1ccc2c(c1)C1CC1CN2C(C)(C)C. The molecule has 1 aliphatic carbocycles. The third kappa shape index (κ3) is 2.17. The van der Waals surface area contributed by atoms with E-state index in [1.807, 2.05) is 0 Å². The molecule has 3 rings (SSSR count). The maximum atomic E-state index is 2.61. The van der Waals surface area contributed by atoms with E-state index in [4.69, 9.17) is 0 Å². The predicted octanol–water partition coefficient (Wildman–Crippen LogP) is 4.71. The van der Waals surface area contributed by atoms with Crippen LogP contribution in [-0.4, -0.2) is 12.1 Å². The van der Waals surface area contributed by atoms with E-state index in [9.17, 15) is 0 Å². The summed E-state index contributed by atoms with van der Waals surface area (Å²) in [6, 6.07) is 7.19. The summed E-state index contributed by atoms with van der Waals surface area (Å²) in [4.78, 5) is 2.61. The summed E-state index contributed by atoms with van der Waals surface area (Å²) < 4.78 is 0. The summed E-state index contributed by atoms with van der Waals surface area (Å²) in [5, 5.41) is 0. The van der Waals surface area contributed by atoms with E-state index in [0.717, 1.165) is 11.8 Å². The van der Waals surface area contributed by atoms with Crippen molar-refractivity contribution in [2.24, 2.45) is 5.92 Å². The topological polar surface area (TPSA) is 3.24 Å². The summed E-state index contributed by atoms with van der Waals surface area (Å²) >= 11 is 0. The third-order valence-corrected chi connectivity index (χ3v) is 4.73. The van der Waals surface area contributed by atoms with Crippen LogP contribution >= 0.6 is 0 Å². The Labute approximate surface area is 118 Å². The molecule has 1 saturated carbocycles. The molecular formula is C18H27N. The summed E-state index contributed by atoms with van der Waals surface area (Å²) in [5.74, 6) is 1.75. The molecule has 1 fully saturated rings. The van der Waals surface area contributed by atoms with Gasteiger partial charge in [0, 0.05) is 17.8 Å². The van der Waals surface area contributed by atoms with Crippen molar-refractivity contribution in [1.82, 2.24) is 0 Å². The number of rotatable bonds is 0. The van der Waals surface area contributed by atoms with E-state index in [2.05, 4.69) is 64.6 Å². The van der Waals surface area contributed by atoms with Gasteiger partial charge in [0.2, 0.25) is 0 Å². The summed E-state index contributed by atoms with van der Waals surface area (Å²) in [6.45, 7) is 15.2. The van der Waals surface area contributed by atoms with Gasteiger partial charge < -0.3 is 4.90 Å². The first-order valence-corrected chi connectivity index (χ1v) is 7.60. The molecule has 104 valence electrons. The Morgan fingerprint density at radius 1 is 1.05 bits per heavy atom. The molecule has 1 aromatic rings. The molecule has 0 radical (unpaired) electrons. The van der Waals surface area contributed by atoms with E-state index in [0.29, 0.717) is 0 Å². The Bertz CT molecular complexity index is 501. The van der Waals surface area contributed by atoms with E-state index < -0.39 is 0 Å². The molecule has 0 spiro atoms. The lowest BCUT2D eigenvalue weighted by atomic mass is 9.84. The van der Waals surface area contributed by atoms with E-state index in [-0.39, 0.29) is 11.0 Å². The smallest absolute Gasteiger partial charge is 0.0406 e. The maximum Gasteiger partial charge on any atom is 0.0406 e. The van der Waals surface area contributed by atoms with Gasteiger partial charge in [0.25, 0.3) is 0 Å². The summed E-state index contributed by atoms with van der Waals surface area (Å²) in [6.07, 6.45) is 1.40. The van der Waals surface area contributed by atoms with Gasteiger partial charge in [0.1, 0.15) is 0 Å². The van der Waals surface area contributed by atoms with E-state index in [1.165, 1.54) is 24.2 Å². The monoisotopic (exact) mass is 257 g/mol. The lowest BCUT2D eigenvalue weighted by molar-refractivity contribution is 0.477. The molecule has 1 aliphatic heterocycles. The molecule has 0 bridgehead atoms. The lowest BCUT2D eigenvalue weighted by Gasteiger charge is -2.42. The van der Waals surface area contributed by atoms with Gasteiger partial charge in [-0.1, -0.05) is 32.9 Å². The van der Waals surface area contributed by atoms with Crippen LogP contribution in [0, 0.1) is 5.92 Å². The van der Waals surface area contributed by atoms with Gasteiger partial charge in [-0.15, -0.1) is 0 Å². The molecule has 2 unspecified atom stereocenters. The number of nitrogens with zero attached hydrogens (tertiary/aromatic N) is 1. The Balaban J connectivity index is 2.07. The standard InChI is InChI=1S/C18H27N/c1-17(2,3)13-7-8-16-15(10-13)14-9-12(14)11-19(16)18(4,5)6/h7-8,10,12,14H,9,11H2,1-6H3. The van der Waals surface area contributed by atoms with Crippen molar-refractivity contribution in [3.8, 4) is 0 Å². The molecule has 1 heterocycles. The quantitative estimate of drug-likeness (QED) is 0.651. The second-order valence-electron chi connectivity index (χ2n) is 8.41. The fraction of sp³-hybridized carbons (Fsp3) is 0.667. The first-order chi connectivity index (χ1) is 8.68. The van der Waals surface area contributed by atoms with Gasteiger partial charge >= 0.3 is 0 Å². The molecule has 0 saturated heterocycles. The number of hydrogen-bond acceptors (Lipinski definition) is 1. The van der Waals surface area contributed by atoms with Crippen molar-refractivity contribution in [3.63, 3.8) is 0 Å². The van der Waals surface area contributed by atoms with Crippen LogP contribution in [0.4, 0.5) is 5.69 Å². The maximum absolute atomic E-state index is 2.61. The molecular weight excluding hydrogens is 230 g/mol. The van der Waals surface area contributed by atoms with Crippen LogP contribution in [0.2, 0.25) is 0 Å². The van der Waals surface area contributed by atoms with Crippen molar-refractivity contribution in [3.05, 3.63) is 29.3 Å². The molecule has 1 nitrogen and oxygen atoms in total. The summed E-state index contributed by atoms with van der Waals surface area (Å²) in [7, 11) is 0. The van der Waals surface area contributed by atoms with Gasteiger partial charge in [-0.3, -0.25) is 0 Å². The highest BCUT2D eigenvalue weighted by Crippen LogP contribution is 2.56. The van der Waals surface area contributed by atoms with Gasteiger partial charge in [-0.25, -0.2) is 0 Å². The Morgan fingerprint density at radius 2 is 1.74 bits per heavy atom. The molecule has 0 aromatic heterocycles. The summed E-state index contributed by atoms with van der Waals surface area (Å²) in [5.41, 5.74) is 5.06. The van der Waals surface area contributed by atoms with Crippen molar-refractivity contribution in [2.75, 3.05) is 11.4 Å². The zero-order valence-electron chi connectivity index (χ0n) is 13.2. The lowest BCUT2D eigenvalue weighted by Crippen LogP contribution is -2.44. The van der Waals surface area contributed by atoms with Crippen molar-refractivity contribution >= 4 is 5.69 Å². The molecule has 1 heteroatoms. The first-order valence-electron chi connectivity index (χ1n) is 7.60. The molecule has 0 amide bonds. The largest absolute Gasteiger partial charge is 0.366 e. The van der Waals surface area contributed by atoms with Crippen LogP contribution in [0.15, 0.2) is 18.2 Å².